The van der Waals surface area contributed by atoms with Gasteiger partial charge in [-0.25, -0.2) is 4.98 Å². The van der Waals surface area contributed by atoms with E-state index in [0.717, 1.165) is 29.0 Å². The lowest BCUT2D eigenvalue weighted by Gasteiger charge is -2.35. The summed E-state index contributed by atoms with van der Waals surface area (Å²) in [6, 6.07) is 4.02. The van der Waals surface area contributed by atoms with Crippen LogP contribution in [-0.2, 0) is 0 Å². The SMILES string of the molecule is Cc1nc(N2CCC(C)C(O)C2)ccc1Br. The fraction of sp³-hybridized carbons (Fsp3) is 0.583. The summed E-state index contributed by atoms with van der Waals surface area (Å²) in [5.74, 6) is 1.36. The van der Waals surface area contributed by atoms with Crippen LogP contribution in [0.25, 0.3) is 0 Å². The van der Waals surface area contributed by atoms with Gasteiger partial charge in [0, 0.05) is 17.6 Å². The van der Waals surface area contributed by atoms with Gasteiger partial charge in [0.15, 0.2) is 0 Å². The maximum absolute atomic E-state index is 9.85. The van der Waals surface area contributed by atoms with Crippen molar-refractivity contribution in [2.24, 2.45) is 5.92 Å². The van der Waals surface area contributed by atoms with Crippen molar-refractivity contribution < 1.29 is 5.11 Å². The molecule has 4 heteroatoms. The molecule has 1 aliphatic rings. The van der Waals surface area contributed by atoms with Crippen LogP contribution < -0.4 is 4.90 Å². The Morgan fingerprint density at radius 2 is 2.25 bits per heavy atom. The predicted octanol–water partition coefficient (Wildman–Crippen LogP) is 2.36. The molecule has 1 fully saturated rings. The highest BCUT2D eigenvalue weighted by molar-refractivity contribution is 9.10. The number of nitrogens with zero attached hydrogens (tertiary/aromatic N) is 2. The summed E-state index contributed by atoms with van der Waals surface area (Å²) < 4.78 is 1.03. The van der Waals surface area contributed by atoms with E-state index in [2.05, 4.69) is 32.7 Å². The number of aliphatic hydroxyl groups excluding tert-OH is 1. The quantitative estimate of drug-likeness (QED) is 0.860. The first kappa shape index (κ1) is 11.9. The van der Waals surface area contributed by atoms with Crippen molar-refractivity contribution in [3.8, 4) is 0 Å². The lowest BCUT2D eigenvalue weighted by atomic mass is 9.96. The van der Waals surface area contributed by atoms with Crippen LogP contribution in [0.2, 0.25) is 0 Å². The molecular formula is C12H17BrN2O. The second kappa shape index (κ2) is 4.72. The molecule has 0 saturated carbocycles. The Morgan fingerprint density at radius 3 is 2.88 bits per heavy atom. The summed E-state index contributed by atoms with van der Waals surface area (Å²) in [6.07, 6.45) is 0.789. The van der Waals surface area contributed by atoms with Crippen molar-refractivity contribution >= 4 is 21.7 Å². The van der Waals surface area contributed by atoms with E-state index in [1.165, 1.54) is 0 Å². The lowest BCUT2D eigenvalue weighted by molar-refractivity contribution is 0.102. The zero-order valence-electron chi connectivity index (χ0n) is 9.65. The topological polar surface area (TPSA) is 36.4 Å². The number of hydrogen-bond donors (Lipinski definition) is 1. The number of rotatable bonds is 1. The van der Waals surface area contributed by atoms with Crippen LogP contribution in [-0.4, -0.2) is 29.3 Å². The molecule has 0 aromatic carbocycles. The number of pyridine rings is 1. The van der Waals surface area contributed by atoms with E-state index in [1.54, 1.807) is 0 Å². The maximum Gasteiger partial charge on any atom is 0.128 e. The third-order valence-electron chi connectivity index (χ3n) is 3.25. The average Bonchev–Trinajstić information content (AvgIpc) is 2.26. The third kappa shape index (κ3) is 2.38. The highest BCUT2D eigenvalue weighted by Crippen LogP contribution is 2.24. The molecule has 3 nitrogen and oxygen atoms in total. The van der Waals surface area contributed by atoms with Gasteiger partial charge in [-0.3, -0.25) is 0 Å². The number of β-amino-alcohol motifs (C(OH)–C–C–N with tert-alkyl or cyclic N) is 1. The lowest BCUT2D eigenvalue weighted by Crippen LogP contribution is -2.43. The Bertz CT molecular complexity index is 383. The van der Waals surface area contributed by atoms with Crippen molar-refractivity contribution in [2.75, 3.05) is 18.0 Å². The standard InChI is InChI=1S/C12H17BrN2O/c1-8-5-6-15(7-11(8)16)12-4-3-10(13)9(2)14-12/h3-4,8,11,16H,5-7H2,1-2H3. The van der Waals surface area contributed by atoms with Gasteiger partial charge < -0.3 is 10.0 Å². The molecule has 0 aliphatic carbocycles. The van der Waals surface area contributed by atoms with Gasteiger partial charge >= 0.3 is 0 Å². The number of aromatic nitrogens is 1. The van der Waals surface area contributed by atoms with Gasteiger partial charge in [-0.2, -0.15) is 0 Å². The van der Waals surface area contributed by atoms with Gasteiger partial charge in [0.1, 0.15) is 5.82 Å². The molecule has 1 aromatic heterocycles. The normalized spacial score (nSPS) is 25.9. The van der Waals surface area contributed by atoms with E-state index in [-0.39, 0.29) is 6.10 Å². The zero-order valence-corrected chi connectivity index (χ0v) is 11.2. The number of anilines is 1. The Morgan fingerprint density at radius 1 is 1.50 bits per heavy atom. The first-order valence-electron chi connectivity index (χ1n) is 5.64. The van der Waals surface area contributed by atoms with Crippen molar-refractivity contribution in [3.63, 3.8) is 0 Å². The molecule has 1 aromatic rings. The molecule has 16 heavy (non-hydrogen) atoms. The molecule has 0 spiro atoms. The van der Waals surface area contributed by atoms with Crippen molar-refractivity contribution in [1.29, 1.82) is 0 Å². The van der Waals surface area contributed by atoms with Gasteiger partial charge in [-0.1, -0.05) is 6.92 Å². The molecule has 2 unspecified atom stereocenters. The third-order valence-corrected chi connectivity index (χ3v) is 4.09. The van der Waals surface area contributed by atoms with E-state index >= 15 is 0 Å². The largest absolute Gasteiger partial charge is 0.391 e. The van der Waals surface area contributed by atoms with E-state index < -0.39 is 0 Å². The number of halogens is 1. The number of aliphatic hydroxyl groups is 1. The molecule has 2 atom stereocenters. The highest BCUT2D eigenvalue weighted by atomic mass is 79.9. The molecule has 88 valence electrons. The summed E-state index contributed by atoms with van der Waals surface area (Å²) in [5, 5.41) is 9.85. The molecule has 1 N–H and O–H groups in total. The van der Waals surface area contributed by atoms with Crippen LogP contribution in [0.1, 0.15) is 19.0 Å². The summed E-state index contributed by atoms with van der Waals surface area (Å²) in [4.78, 5) is 6.68. The maximum atomic E-state index is 9.85. The minimum absolute atomic E-state index is 0.237. The van der Waals surface area contributed by atoms with Crippen LogP contribution in [0, 0.1) is 12.8 Å². The molecule has 2 heterocycles. The summed E-state index contributed by atoms with van der Waals surface area (Å²) in [7, 11) is 0. The van der Waals surface area contributed by atoms with Gasteiger partial charge in [0.05, 0.1) is 11.8 Å². The van der Waals surface area contributed by atoms with Crippen LogP contribution in [0.4, 0.5) is 5.82 Å². The van der Waals surface area contributed by atoms with Crippen LogP contribution in [0.5, 0.6) is 0 Å². The fourth-order valence-corrected chi connectivity index (χ4v) is 2.18. The predicted molar refractivity (Wildman–Crippen MR) is 68.7 cm³/mol. The van der Waals surface area contributed by atoms with Gasteiger partial charge in [0.2, 0.25) is 0 Å². The van der Waals surface area contributed by atoms with Crippen LogP contribution in [0.15, 0.2) is 16.6 Å². The monoisotopic (exact) mass is 284 g/mol. The smallest absolute Gasteiger partial charge is 0.128 e. The van der Waals surface area contributed by atoms with E-state index in [4.69, 9.17) is 0 Å². The summed E-state index contributed by atoms with van der Waals surface area (Å²) in [6.45, 7) is 5.75. The molecule has 0 radical (unpaired) electrons. The van der Waals surface area contributed by atoms with E-state index in [9.17, 15) is 5.11 Å². The Kier molecular flexibility index (Phi) is 3.50. The summed E-state index contributed by atoms with van der Waals surface area (Å²) >= 11 is 3.44. The van der Waals surface area contributed by atoms with Crippen LogP contribution in [0.3, 0.4) is 0 Å². The molecule has 0 amide bonds. The Labute approximate surface area is 105 Å². The first-order chi connectivity index (χ1) is 7.58. The molecule has 0 bridgehead atoms. The van der Waals surface area contributed by atoms with Crippen molar-refractivity contribution in [2.45, 2.75) is 26.4 Å². The number of hydrogen-bond acceptors (Lipinski definition) is 3. The number of aryl methyl sites for hydroxylation is 1. The molecule has 1 aliphatic heterocycles. The van der Waals surface area contributed by atoms with E-state index in [1.807, 2.05) is 19.1 Å². The summed E-state index contributed by atoms with van der Waals surface area (Å²) in [5.41, 5.74) is 0.991. The first-order valence-corrected chi connectivity index (χ1v) is 6.43. The molecule has 1 saturated heterocycles. The van der Waals surface area contributed by atoms with Gasteiger partial charge in [-0.15, -0.1) is 0 Å². The number of piperidine rings is 1. The van der Waals surface area contributed by atoms with Gasteiger partial charge in [-0.05, 0) is 47.3 Å². The molecule has 2 rings (SSSR count). The van der Waals surface area contributed by atoms with Crippen molar-refractivity contribution in [1.82, 2.24) is 4.98 Å². The highest BCUT2D eigenvalue weighted by Gasteiger charge is 2.24. The van der Waals surface area contributed by atoms with Crippen molar-refractivity contribution in [3.05, 3.63) is 22.3 Å². The zero-order chi connectivity index (χ0) is 11.7. The minimum Gasteiger partial charge on any atom is -0.391 e. The Balaban J connectivity index is 2.15. The van der Waals surface area contributed by atoms with Gasteiger partial charge in [0.25, 0.3) is 0 Å². The minimum atomic E-state index is -0.237. The Hall–Kier alpha value is -0.610. The molecular weight excluding hydrogens is 268 g/mol. The second-order valence-electron chi connectivity index (χ2n) is 4.52. The van der Waals surface area contributed by atoms with Crippen LogP contribution >= 0.6 is 15.9 Å². The fourth-order valence-electron chi connectivity index (χ4n) is 1.96. The second-order valence-corrected chi connectivity index (χ2v) is 5.37. The van der Waals surface area contributed by atoms with E-state index in [0.29, 0.717) is 12.5 Å². The average molecular weight is 285 g/mol.